The Kier molecular flexibility index (Phi) is 8.01. The van der Waals surface area contributed by atoms with Crippen molar-refractivity contribution in [2.24, 2.45) is 23.5 Å². The number of allylic oxidation sites excluding steroid dienone is 1. The normalized spacial score (nSPS) is 25.5. The molecular weight excluding hydrogens is 546 g/mol. The average molecular weight is 582 g/mol. The molecule has 0 spiro atoms. The van der Waals surface area contributed by atoms with Gasteiger partial charge >= 0.3 is 0 Å². The zero-order valence-corrected chi connectivity index (χ0v) is 23.9. The van der Waals surface area contributed by atoms with Crippen molar-refractivity contribution in [2.45, 2.75) is 25.3 Å². The van der Waals surface area contributed by atoms with E-state index >= 15 is 0 Å². The third kappa shape index (κ3) is 5.84. The highest BCUT2D eigenvalue weighted by atomic mass is 35.5. The van der Waals surface area contributed by atoms with Crippen molar-refractivity contribution < 1.29 is 19.1 Å². The fourth-order valence-corrected chi connectivity index (χ4v) is 6.69. The number of anilines is 3. The minimum atomic E-state index is -0.318. The van der Waals surface area contributed by atoms with Gasteiger partial charge in [0, 0.05) is 32.2 Å². The maximum Gasteiger partial charge on any atom is 0.236 e. The fourth-order valence-electron chi connectivity index (χ4n) is 6.54. The van der Waals surface area contributed by atoms with Gasteiger partial charge in [0.1, 0.15) is 10.8 Å². The van der Waals surface area contributed by atoms with Gasteiger partial charge < -0.3 is 30.7 Å². The van der Waals surface area contributed by atoms with Crippen LogP contribution in [0.15, 0.2) is 30.5 Å². The van der Waals surface area contributed by atoms with Gasteiger partial charge in [-0.15, -0.1) is 0 Å². The van der Waals surface area contributed by atoms with Crippen molar-refractivity contribution in [2.75, 3.05) is 63.7 Å². The van der Waals surface area contributed by atoms with Crippen LogP contribution in [0, 0.1) is 17.8 Å². The molecule has 0 unspecified atom stereocenters. The fraction of sp³-hybridized carbons (Fsp3) is 0.517. The molecule has 2 bridgehead atoms. The van der Waals surface area contributed by atoms with Crippen LogP contribution in [-0.4, -0.2) is 90.7 Å². The van der Waals surface area contributed by atoms with Gasteiger partial charge in [-0.3, -0.25) is 14.5 Å². The first-order valence-corrected chi connectivity index (χ1v) is 14.6. The van der Waals surface area contributed by atoms with Gasteiger partial charge in [-0.25, -0.2) is 4.98 Å². The molecule has 4 aliphatic rings. The number of primary amides is 1. The molecule has 2 aliphatic heterocycles. The number of carbonyl (C=O) groups is 2. The second kappa shape index (κ2) is 11.8. The number of amides is 2. The summed E-state index contributed by atoms with van der Waals surface area (Å²) in [7, 11) is 1.64. The molecule has 1 saturated carbocycles. The van der Waals surface area contributed by atoms with Crippen molar-refractivity contribution >= 4 is 40.9 Å². The highest BCUT2D eigenvalue weighted by Crippen LogP contribution is 2.45. The van der Waals surface area contributed by atoms with E-state index in [4.69, 9.17) is 26.8 Å². The summed E-state index contributed by atoms with van der Waals surface area (Å²) in [5, 5.41) is 7.05. The molecule has 3 heterocycles. The van der Waals surface area contributed by atoms with E-state index in [2.05, 4.69) is 49.8 Å². The van der Waals surface area contributed by atoms with Crippen molar-refractivity contribution in [3.05, 3.63) is 46.6 Å². The predicted octanol–water partition coefficient (Wildman–Crippen LogP) is 2.23. The highest BCUT2D eigenvalue weighted by molar-refractivity contribution is 6.32. The lowest BCUT2D eigenvalue weighted by atomic mass is 9.88. The lowest BCUT2D eigenvalue weighted by Gasteiger charge is -2.29. The number of carbonyl (C=O) groups excluding carboxylic acids is 2. The van der Waals surface area contributed by atoms with Crippen LogP contribution in [-0.2, 0) is 27.2 Å². The summed E-state index contributed by atoms with van der Waals surface area (Å²) < 4.78 is 11.1. The van der Waals surface area contributed by atoms with Crippen LogP contribution in [0.2, 0.25) is 5.02 Å². The van der Waals surface area contributed by atoms with Crippen molar-refractivity contribution in [3.8, 4) is 5.75 Å². The van der Waals surface area contributed by atoms with Crippen LogP contribution in [0.1, 0.15) is 17.5 Å². The lowest BCUT2D eigenvalue weighted by molar-refractivity contribution is -0.136. The monoisotopic (exact) mass is 581 g/mol. The van der Waals surface area contributed by atoms with E-state index in [0.717, 1.165) is 38.0 Å². The zero-order chi connectivity index (χ0) is 28.5. The van der Waals surface area contributed by atoms with Crippen LogP contribution >= 0.6 is 11.6 Å². The second-order valence-electron chi connectivity index (χ2n) is 11.2. The summed E-state index contributed by atoms with van der Waals surface area (Å²) >= 11 is 6.47. The molecule has 2 amide bonds. The topological polar surface area (TPSA) is 135 Å². The van der Waals surface area contributed by atoms with Crippen LogP contribution < -0.4 is 21.1 Å². The van der Waals surface area contributed by atoms with Gasteiger partial charge in [0.25, 0.3) is 0 Å². The minimum Gasteiger partial charge on any atom is -0.495 e. The third-order valence-electron chi connectivity index (χ3n) is 8.72. The van der Waals surface area contributed by atoms with Gasteiger partial charge in [0.2, 0.25) is 17.8 Å². The molecule has 1 saturated heterocycles. The number of nitrogens with two attached hydrogens (primary N) is 1. The van der Waals surface area contributed by atoms with Crippen LogP contribution in [0.25, 0.3) is 0 Å². The Balaban J connectivity index is 1.16. The quantitative estimate of drug-likeness (QED) is 0.401. The number of halogens is 1. The number of methoxy groups -OCH3 is 1. The molecule has 12 heteroatoms. The number of benzene rings is 1. The van der Waals surface area contributed by atoms with E-state index in [-0.39, 0.29) is 35.6 Å². The molecule has 2 fully saturated rings. The first-order valence-electron chi connectivity index (χ1n) is 14.2. The molecule has 218 valence electrons. The summed E-state index contributed by atoms with van der Waals surface area (Å²) in [5.74, 6) is 1.38. The Hall–Kier alpha value is -3.41. The molecule has 2 aliphatic carbocycles. The zero-order valence-electron chi connectivity index (χ0n) is 23.1. The van der Waals surface area contributed by atoms with Crippen molar-refractivity contribution in [1.29, 1.82) is 0 Å². The van der Waals surface area contributed by atoms with Crippen LogP contribution in [0.5, 0.6) is 5.75 Å². The van der Waals surface area contributed by atoms with E-state index in [9.17, 15) is 9.59 Å². The number of fused-ring (bicyclic) bond motifs is 3. The molecule has 4 atom stereocenters. The number of nitrogens with zero attached hydrogens (tertiary/aromatic N) is 4. The maximum absolute atomic E-state index is 12.8. The van der Waals surface area contributed by atoms with E-state index < -0.39 is 0 Å². The summed E-state index contributed by atoms with van der Waals surface area (Å²) in [4.78, 5) is 38.1. The first-order chi connectivity index (χ1) is 19.9. The van der Waals surface area contributed by atoms with E-state index in [1.54, 1.807) is 13.3 Å². The maximum atomic E-state index is 12.8. The Morgan fingerprint density at radius 2 is 1.85 bits per heavy atom. The summed E-state index contributed by atoms with van der Waals surface area (Å²) in [6, 6.07) is 3.97. The molecule has 4 N–H and O–H groups in total. The average Bonchev–Trinajstić information content (AvgIpc) is 3.53. The van der Waals surface area contributed by atoms with Crippen molar-refractivity contribution in [1.82, 2.24) is 19.8 Å². The number of aromatic nitrogens is 2. The molecule has 11 nitrogen and oxygen atoms in total. The molecule has 1 aromatic carbocycles. The molecule has 0 radical (unpaired) electrons. The Labute approximate surface area is 244 Å². The lowest BCUT2D eigenvalue weighted by Crippen LogP contribution is -2.46. The van der Waals surface area contributed by atoms with Crippen LogP contribution in [0.4, 0.5) is 17.5 Å². The summed E-state index contributed by atoms with van der Waals surface area (Å²) in [6.45, 7) is 4.54. The SMILES string of the molecule is COc1cc2c(cc1Nc1ncc(Cl)c(N[C@H]3[C@@H](C(N)=O)[C@@H]4C=C[C@H]3C4)n1)CCN(CC(=O)N1CCOCC1)CC2. The van der Waals surface area contributed by atoms with Gasteiger partial charge in [-0.1, -0.05) is 23.8 Å². The standard InChI is InChI=1S/C29H36ClN7O4/c1-40-23-14-18-5-7-36(16-24(38)37-8-10-41-11-9-37)6-4-17(18)13-22(23)33-29-32-15-21(30)28(35-29)34-26-20-3-2-19(12-20)25(26)27(31)39/h2-3,13-15,19-20,25-26H,4-12,16H2,1H3,(H2,31,39)(H2,32,33,34,35)/t19-,20+,25+,26-/m1/s1. The van der Waals surface area contributed by atoms with E-state index in [1.165, 1.54) is 11.1 Å². The Morgan fingerprint density at radius 1 is 1.12 bits per heavy atom. The van der Waals surface area contributed by atoms with Gasteiger partial charge in [-0.2, -0.15) is 4.98 Å². The van der Waals surface area contributed by atoms with E-state index in [1.807, 2.05) is 4.90 Å². The molecule has 6 rings (SSSR count). The van der Waals surface area contributed by atoms with Gasteiger partial charge in [0.15, 0.2) is 5.82 Å². The number of hydrogen-bond donors (Lipinski definition) is 3. The number of hydrogen-bond acceptors (Lipinski definition) is 9. The Morgan fingerprint density at radius 3 is 2.59 bits per heavy atom. The van der Waals surface area contributed by atoms with Gasteiger partial charge in [-0.05, 0) is 54.4 Å². The number of ether oxygens (including phenoxy) is 2. The smallest absolute Gasteiger partial charge is 0.236 e. The van der Waals surface area contributed by atoms with Gasteiger partial charge in [0.05, 0.1) is 44.7 Å². The summed E-state index contributed by atoms with van der Waals surface area (Å²) in [6.07, 6.45) is 8.29. The largest absolute Gasteiger partial charge is 0.495 e. The van der Waals surface area contributed by atoms with Crippen LogP contribution in [0.3, 0.4) is 0 Å². The number of morpholine rings is 1. The first kappa shape index (κ1) is 27.7. The number of nitrogens with one attached hydrogen (secondary N) is 2. The Bertz CT molecular complexity index is 1350. The third-order valence-corrected chi connectivity index (χ3v) is 9.00. The van der Waals surface area contributed by atoms with Crippen molar-refractivity contribution in [3.63, 3.8) is 0 Å². The predicted molar refractivity (Wildman–Crippen MR) is 155 cm³/mol. The molecule has 1 aromatic heterocycles. The molecule has 2 aromatic rings. The minimum absolute atomic E-state index is 0.144. The second-order valence-corrected chi connectivity index (χ2v) is 11.6. The number of rotatable bonds is 8. The van der Waals surface area contributed by atoms with E-state index in [0.29, 0.717) is 55.4 Å². The summed E-state index contributed by atoms with van der Waals surface area (Å²) in [5.41, 5.74) is 8.88. The molecular formula is C29H36ClN7O4. The highest BCUT2D eigenvalue weighted by Gasteiger charge is 2.47. The molecule has 41 heavy (non-hydrogen) atoms.